The number of nitrogens with one attached hydrogen (secondary N) is 2. The van der Waals surface area contributed by atoms with Gasteiger partial charge in [-0.25, -0.2) is 14.8 Å². The summed E-state index contributed by atoms with van der Waals surface area (Å²) in [6.45, 7) is 2.13. The van der Waals surface area contributed by atoms with Gasteiger partial charge in [0.25, 0.3) is 5.56 Å². The minimum absolute atomic E-state index is 0.219. The quantitative estimate of drug-likeness (QED) is 0.515. The Labute approximate surface area is 154 Å². The van der Waals surface area contributed by atoms with Crippen LogP contribution in [0.5, 0.6) is 0 Å². The zero-order chi connectivity index (χ0) is 19.2. The Bertz CT molecular complexity index is 1060. The van der Waals surface area contributed by atoms with Crippen LogP contribution in [0.4, 0.5) is 10.3 Å². The van der Waals surface area contributed by atoms with Gasteiger partial charge in [-0.05, 0) is 31.2 Å². The summed E-state index contributed by atoms with van der Waals surface area (Å²) in [5, 5.41) is 17.3. The maximum atomic E-state index is 13.2. The SMILES string of the molecule is Cc1cc(=O)[nH]c(N/N=C/c2cn(CCC#N)nc2-c2ccc(F)cc2)n1. The van der Waals surface area contributed by atoms with Crippen molar-refractivity contribution in [1.82, 2.24) is 19.7 Å². The molecule has 9 heteroatoms. The predicted octanol–water partition coefficient (Wildman–Crippen LogP) is 2.44. The lowest BCUT2D eigenvalue weighted by atomic mass is 10.1. The zero-order valence-electron chi connectivity index (χ0n) is 14.5. The lowest BCUT2D eigenvalue weighted by Crippen LogP contribution is -2.10. The van der Waals surface area contributed by atoms with Crippen LogP contribution in [0.25, 0.3) is 11.3 Å². The highest BCUT2D eigenvalue weighted by Crippen LogP contribution is 2.21. The number of hydrogen-bond donors (Lipinski definition) is 2. The summed E-state index contributed by atoms with van der Waals surface area (Å²) in [5.74, 6) is -0.120. The van der Waals surface area contributed by atoms with Gasteiger partial charge in [-0.15, -0.1) is 0 Å². The molecule has 1 aromatic carbocycles. The molecular weight excluding hydrogens is 349 g/mol. The monoisotopic (exact) mass is 365 g/mol. The molecule has 0 aliphatic rings. The number of aromatic amines is 1. The molecule has 8 nitrogen and oxygen atoms in total. The first-order chi connectivity index (χ1) is 13.0. The van der Waals surface area contributed by atoms with Crippen molar-refractivity contribution in [2.45, 2.75) is 19.9 Å². The Balaban J connectivity index is 1.88. The number of anilines is 1. The number of aryl methyl sites for hydroxylation is 2. The first kappa shape index (κ1) is 18.0. The maximum Gasteiger partial charge on any atom is 0.252 e. The third-order valence-corrected chi connectivity index (χ3v) is 3.60. The van der Waals surface area contributed by atoms with E-state index in [0.29, 0.717) is 29.9 Å². The first-order valence-electron chi connectivity index (χ1n) is 8.12. The molecule has 0 fully saturated rings. The van der Waals surface area contributed by atoms with Crippen molar-refractivity contribution in [2.24, 2.45) is 5.10 Å². The molecule has 0 unspecified atom stereocenters. The average Bonchev–Trinajstić information content (AvgIpc) is 3.03. The summed E-state index contributed by atoms with van der Waals surface area (Å²) in [5.41, 5.74) is 4.94. The van der Waals surface area contributed by atoms with Crippen LogP contribution in [-0.4, -0.2) is 26.0 Å². The van der Waals surface area contributed by atoms with Crippen LogP contribution in [-0.2, 0) is 6.54 Å². The lowest BCUT2D eigenvalue weighted by molar-refractivity contribution is 0.626. The topological polar surface area (TPSA) is 112 Å². The van der Waals surface area contributed by atoms with E-state index in [0.717, 1.165) is 5.56 Å². The van der Waals surface area contributed by atoms with Gasteiger partial charge in [-0.1, -0.05) is 0 Å². The predicted molar refractivity (Wildman–Crippen MR) is 98.7 cm³/mol. The highest BCUT2D eigenvalue weighted by Gasteiger charge is 2.10. The Morgan fingerprint density at radius 1 is 1.41 bits per heavy atom. The second kappa shape index (κ2) is 8.05. The van der Waals surface area contributed by atoms with Crippen LogP contribution >= 0.6 is 0 Å². The van der Waals surface area contributed by atoms with Gasteiger partial charge in [0, 0.05) is 29.1 Å². The van der Waals surface area contributed by atoms with Crippen LogP contribution < -0.4 is 11.0 Å². The molecule has 136 valence electrons. The molecule has 0 spiro atoms. The number of hydrazone groups is 1. The van der Waals surface area contributed by atoms with E-state index < -0.39 is 0 Å². The molecule has 0 aliphatic carbocycles. The second-order valence-electron chi connectivity index (χ2n) is 5.72. The van der Waals surface area contributed by atoms with Crippen molar-refractivity contribution in [1.29, 1.82) is 5.26 Å². The van der Waals surface area contributed by atoms with Crippen molar-refractivity contribution in [3.05, 3.63) is 64.0 Å². The van der Waals surface area contributed by atoms with Gasteiger partial charge >= 0.3 is 0 Å². The third kappa shape index (κ3) is 4.64. The van der Waals surface area contributed by atoms with E-state index in [2.05, 4.69) is 31.7 Å². The molecule has 2 N–H and O–H groups in total. The molecule has 2 aromatic heterocycles. The molecule has 0 saturated heterocycles. The third-order valence-electron chi connectivity index (χ3n) is 3.60. The molecule has 0 atom stereocenters. The standard InChI is InChI=1S/C18H16FN7O/c1-12-9-16(27)23-18(22-12)24-21-10-14-11-26(8-2-7-20)25-17(14)13-3-5-15(19)6-4-13/h3-6,9-11H,2,8H2,1H3,(H2,22,23,24,27)/b21-10+. The van der Waals surface area contributed by atoms with E-state index >= 15 is 0 Å². The van der Waals surface area contributed by atoms with E-state index in [1.54, 1.807) is 29.9 Å². The van der Waals surface area contributed by atoms with E-state index in [1.165, 1.54) is 24.4 Å². The van der Waals surface area contributed by atoms with Gasteiger partial charge in [0.1, 0.15) is 11.5 Å². The molecule has 0 bridgehead atoms. The van der Waals surface area contributed by atoms with Crippen molar-refractivity contribution < 1.29 is 4.39 Å². The highest BCUT2D eigenvalue weighted by molar-refractivity contribution is 5.88. The van der Waals surface area contributed by atoms with Gasteiger partial charge < -0.3 is 0 Å². The van der Waals surface area contributed by atoms with Crippen molar-refractivity contribution in [2.75, 3.05) is 5.43 Å². The molecule has 2 heterocycles. The fourth-order valence-electron chi connectivity index (χ4n) is 2.44. The second-order valence-corrected chi connectivity index (χ2v) is 5.72. The van der Waals surface area contributed by atoms with Gasteiger partial charge in [0.15, 0.2) is 0 Å². The summed E-state index contributed by atoms with van der Waals surface area (Å²) in [4.78, 5) is 18.1. The van der Waals surface area contributed by atoms with Crippen LogP contribution in [0.3, 0.4) is 0 Å². The van der Waals surface area contributed by atoms with E-state index in [-0.39, 0.29) is 17.3 Å². The number of nitrogens with zero attached hydrogens (tertiary/aromatic N) is 5. The van der Waals surface area contributed by atoms with E-state index in [9.17, 15) is 9.18 Å². The molecule has 0 amide bonds. The number of rotatable bonds is 6. The lowest BCUT2D eigenvalue weighted by Gasteiger charge is -2.00. The van der Waals surface area contributed by atoms with Crippen molar-refractivity contribution in [3.63, 3.8) is 0 Å². The van der Waals surface area contributed by atoms with Crippen molar-refractivity contribution >= 4 is 12.2 Å². The summed E-state index contributed by atoms with van der Waals surface area (Å²) >= 11 is 0. The summed E-state index contributed by atoms with van der Waals surface area (Å²) < 4.78 is 14.8. The fourth-order valence-corrected chi connectivity index (χ4v) is 2.44. The highest BCUT2D eigenvalue weighted by atomic mass is 19.1. The molecule has 0 saturated carbocycles. The normalized spacial score (nSPS) is 10.9. The molecule has 3 rings (SSSR count). The van der Waals surface area contributed by atoms with Crippen LogP contribution in [0, 0.1) is 24.1 Å². The molecule has 0 radical (unpaired) electrons. The van der Waals surface area contributed by atoms with E-state index in [4.69, 9.17) is 5.26 Å². The number of benzene rings is 1. The Morgan fingerprint density at radius 3 is 2.89 bits per heavy atom. The summed E-state index contributed by atoms with van der Waals surface area (Å²) in [7, 11) is 0. The molecule has 0 aliphatic heterocycles. The van der Waals surface area contributed by atoms with Gasteiger partial charge in [0.2, 0.25) is 5.95 Å². The average molecular weight is 365 g/mol. The molecular formula is C18H16FN7O. The largest absolute Gasteiger partial charge is 0.291 e. The number of hydrogen-bond acceptors (Lipinski definition) is 6. The van der Waals surface area contributed by atoms with E-state index in [1.807, 2.05) is 0 Å². The Morgan fingerprint density at radius 2 is 2.19 bits per heavy atom. The first-order valence-corrected chi connectivity index (χ1v) is 8.12. The van der Waals surface area contributed by atoms with Crippen LogP contribution in [0.1, 0.15) is 17.7 Å². The number of aromatic nitrogens is 4. The zero-order valence-corrected chi connectivity index (χ0v) is 14.5. The summed E-state index contributed by atoms with van der Waals surface area (Å²) in [6.07, 6.45) is 3.58. The molecule has 3 aromatic rings. The van der Waals surface area contributed by atoms with Gasteiger partial charge in [-0.3, -0.25) is 14.5 Å². The van der Waals surface area contributed by atoms with Gasteiger partial charge in [0.05, 0.1) is 25.2 Å². The smallest absolute Gasteiger partial charge is 0.252 e. The number of H-pyrrole nitrogens is 1. The number of nitriles is 1. The van der Waals surface area contributed by atoms with Crippen LogP contribution in [0.2, 0.25) is 0 Å². The fraction of sp³-hybridized carbons (Fsp3) is 0.167. The minimum atomic E-state index is -0.339. The van der Waals surface area contributed by atoms with Crippen LogP contribution in [0.15, 0.2) is 46.4 Å². The van der Waals surface area contributed by atoms with Gasteiger partial charge in [-0.2, -0.15) is 15.5 Å². The number of halogens is 1. The maximum absolute atomic E-state index is 13.2. The van der Waals surface area contributed by atoms with Crippen molar-refractivity contribution in [3.8, 4) is 17.3 Å². The minimum Gasteiger partial charge on any atom is -0.291 e. The Hall–Kier alpha value is -3.80. The molecule has 27 heavy (non-hydrogen) atoms. The Kier molecular flexibility index (Phi) is 5.37. The summed E-state index contributed by atoms with van der Waals surface area (Å²) in [6, 6.07) is 9.39.